The molecule has 0 saturated heterocycles. The maximum Gasteiger partial charge on any atom is 0.514 e. The van der Waals surface area contributed by atoms with E-state index in [1.54, 1.807) is 26.8 Å². The second-order valence-corrected chi connectivity index (χ2v) is 4.80. The predicted octanol–water partition coefficient (Wildman–Crippen LogP) is 2.76. The maximum absolute atomic E-state index is 11.7. The molecule has 0 bridgehead atoms. The summed E-state index contributed by atoms with van der Waals surface area (Å²) in [6.45, 7) is 7.46. The molecule has 0 atom stereocenters. The molecule has 0 heterocycles. The van der Waals surface area contributed by atoms with Crippen LogP contribution in [-0.4, -0.2) is 18.4 Å². The van der Waals surface area contributed by atoms with Gasteiger partial charge in [0.1, 0.15) is 11.4 Å². The fraction of sp³-hybridized carbons (Fsp3) is 0.429. The van der Waals surface area contributed by atoms with Gasteiger partial charge < -0.3 is 14.2 Å². The van der Waals surface area contributed by atoms with Crippen LogP contribution in [0.15, 0.2) is 29.1 Å². The molecule has 0 aliphatic rings. The molecule has 0 radical (unpaired) electrons. The highest BCUT2D eigenvalue weighted by molar-refractivity contribution is 5.64. The van der Waals surface area contributed by atoms with Crippen LogP contribution < -0.4 is 14.9 Å². The Morgan fingerprint density at radius 1 is 1.16 bits per heavy atom. The first kappa shape index (κ1) is 15.0. The molecule has 0 fully saturated rings. The van der Waals surface area contributed by atoms with E-state index in [0.29, 0.717) is 12.4 Å². The summed E-state index contributed by atoms with van der Waals surface area (Å²) < 4.78 is 15.1. The van der Waals surface area contributed by atoms with Gasteiger partial charge in [-0.3, -0.25) is 4.79 Å². The fourth-order valence-electron chi connectivity index (χ4n) is 1.24. The highest BCUT2D eigenvalue weighted by Crippen LogP contribution is 2.13. The first-order valence-electron chi connectivity index (χ1n) is 6.00. The average Bonchev–Trinajstić information content (AvgIpc) is 2.42. The summed E-state index contributed by atoms with van der Waals surface area (Å²) in [6, 6.07) is 5.75. The van der Waals surface area contributed by atoms with Gasteiger partial charge in [-0.05, 0) is 52.0 Å². The minimum atomic E-state index is -0.909. The molecule has 19 heavy (non-hydrogen) atoms. The zero-order valence-electron chi connectivity index (χ0n) is 11.6. The first-order valence-corrected chi connectivity index (χ1v) is 6.00. The second kappa shape index (κ2) is 6.22. The van der Waals surface area contributed by atoms with Crippen LogP contribution in [0.4, 0.5) is 4.79 Å². The number of carbonyl (C=O) groups excluding carboxylic acids is 1. The molecule has 0 saturated carbocycles. The van der Waals surface area contributed by atoms with Gasteiger partial charge in [0, 0.05) is 0 Å². The Kier molecular flexibility index (Phi) is 4.92. The number of ether oxygens (including phenoxy) is 3. The van der Waals surface area contributed by atoms with Crippen LogP contribution in [-0.2, 0) is 4.74 Å². The molecule has 0 spiro atoms. The Labute approximate surface area is 112 Å². The van der Waals surface area contributed by atoms with Crippen LogP contribution in [0.2, 0.25) is 0 Å². The molecule has 104 valence electrons. The lowest BCUT2D eigenvalue weighted by Gasteiger charge is -2.18. The summed E-state index contributed by atoms with van der Waals surface area (Å²) in [5.74, 6) is 0.429. The summed E-state index contributed by atoms with van der Waals surface area (Å²) in [5.41, 5.74) is -1.09. The van der Waals surface area contributed by atoms with Gasteiger partial charge in [0.15, 0.2) is 5.75 Å². The van der Waals surface area contributed by atoms with Crippen LogP contribution in [0.5, 0.6) is 11.5 Å². The standard InChI is InChI=1S/C14H18O5/c1-5-17-10-6-8-11(15)12(9-7-10)18-13(16)19-14(2,3)4/h6-9H,5H2,1-4H3. The Balaban J connectivity index is 2.87. The summed E-state index contributed by atoms with van der Waals surface area (Å²) in [6.07, 6.45) is -0.909. The first-order chi connectivity index (χ1) is 8.81. The van der Waals surface area contributed by atoms with Gasteiger partial charge in [0.05, 0.1) is 6.61 Å². The lowest BCUT2D eigenvalue weighted by Crippen LogP contribution is -2.26. The van der Waals surface area contributed by atoms with Gasteiger partial charge in [-0.15, -0.1) is 0 Å². The van der Waals surface area contributed by atoms with Crippen molar-refractivity contribution >= 4 is 6.16 Å². The van der Waals surface area contributed by atoms with E-state index >= 15 is 0 Å². The van der Waals surface area contributed by atoms with Crippen molar-refractivity contribution in [3.63, 3.8) is 0 Å². The van der Waals surface area contributed by atoms with Gasteiger partial charge in [-0.2, -0.15) is 0 Å². The van der Waals surface area contributed by atoms with Crippen molar-refractivity contribution in [2.24, 2.45) is 0 Å². The lowest BCUT2D eigenvalue weighted by atomic mass is 10.2. The Morgan fingerprint density at radius 3 is 2.37 bits per heavy atom. The van der Waals surface area contributed by atoms with Crippen molar-refractivity contribution in [3.8, 4) is 11.5 Å². The van der Waals surface area contributed by atoms with E-state index < -0.39 is 17.2 Å². The molecular weight excluding hydrogens is 248 g/mol. The summed E-state index contributed by atoms with van der Waals surface area (Å²) >= 11 is 0. The van der Waals surface area contributed by atoms with Crippen molar-refractivity contribution in [3.05, 3.63) is 34.5 Å². The summed E-state index contributed by atoms with van der Waals surface area (Å²) in [5, 5.41) is 0. The lowest BCUT2D eigenvalue weighted by molar-refractivity contribution is 0.0204. The van der Waals surface area contributed by atoms with Crippen LogP contribution in [0.25, 0.3) is 0 Å². The second-order valence-electron chi connectivity index (χ2n) is 4.80. The van der Waals surface area contributed by atoms with E-state index in [4.69, 9.17) is 14.2 Å². The number of hydrogen-bond acceptors (Lipinski definition) is 5. The molecule has 0 aromatic heterocycles. The highest BCUT2D eigenvalue weighted by atomic mass is 16.7. The molecule has 0 unspecified atom stereocenters. The molecule has 0 aliphatic heterocycles. The van der Waals surface area contributed by atoms with Crippen LogP contribution in [0.3, 0.4) is 0 Å². The van der Waals surface area contributed by atoms with E-state index in [1.165, 1.54) is 18.2 Å². The van der Waals surface area contributed by atoms with E-state index in [1.807, 2.05) is 6.92 Å². The van der Waals surface area contributed by atoms with E-state index in [9.17, 15) is 9.59 Å². The highest BCUT2D eigenvalue weighted by Gasteiger charge is 2.18. The van der Waals surface area contributed by atoms with Gasteiger partial charge in [0.2, 0.25) is 5.43 Å². The Morgan fingerprint density at radius 2 is 1.79 bits per heavy atom. The van der Waals surface area contributed by atoms with Crippen LogP contribution >= 0.6 is 0 Å². The van der Waals surface area contributed by atoms with Gasteiger partial charge in [-0.25, -0.2) is 4.79 Å². The minimum absolute atomic E-state index is 0.0970. The van der Waals surface area contributed by atoms with Gasteiger partial charge in [0.25, 0.3) is 0 Å². The number of hydrogen-bond donors (Lipinski definition) is 0. The Hall–Kier alpha value is -2.04. The zero-order chi connectivity index (χ0) is 14.5. The van der Waals surface area contributed by atoms with Crippen LogP contribution in [0, 0.1) is 0 Å². The van der Waals surface area contributed by atoms with E-state index in [0.717, 1.165) is 0 Å². The molecule has 0 aliphatic carbocycles. The zero-order valence-corrected chi connectivity index (χ0v) is 11.6. The largest absolute Gasteiger partial charge is 0.514 e. The quantitative estimate of drug-likeness (QED) is 0.787. The number of rotatable bonds is 3. The molecule has 5 heteroatoms. The smallest absolute Gasteiger partial charge is 0.494 e. The molecule has 1 aromatic rings. The van der Waals surface area contributed by atoms with Gasteiger partial charge in [-0.1, -0.05) is 0 Å². The molecule has 0 N–H and O–H groups in total. The van der Waals surface area contributed by atoms with E-state index in [2.05, 4.69) is 0 Å². The predicted molar refractivity (Wildman–Crippen MR) is 70.7 cm³/mol. The molecule has 5 nitrogen and oxygen atoms in total. The third-order valence-electron chi connectivity index (χ3n) is 1.93. The van der Waals surface area contributed by atoms with Crippen molar-refractivity contribution < 1.29 is 19.0 Å². The van der Waals surface area contributed by atoms with Crippen LogP contribution in [0.1, 0.15) is 27.7 Å². The third kappa shape index (κ3) is 5.42. The SMILES string of the molecule is CCOc1ccc(OC(=O)OC(C)(C)C)c(=O)cc1. The van der Waals surface area contributed by atoms with Crippen molar-refractivity contribution in [2.45, 2.75) is 33.3 Å². The fourth-order valence-corrected chi connectivity index (χ4v) is 1.24. The molecule has 0 amide bonds. The van der Waals surface area contributed by atoms with Crippen molar-refractivity contribution in [1.29, 1.82) is 0 Å². The van der Waals surface area contributed by atoms with Crippen molar-refractivity contribution in [2.75, 3.05) is 6.61 Å². The maximum atomic E-state index is 11.7. The third-order valence-corrected chi connectivity index (χ3v) is 1.93. The average molecular weight is 266 g/mol. The molecule has 1 aromatic carbocycles. The normalized spacial score (nSPS) is 10.7. The summed E-state index contributed by atoms with van der Waals surface area (Å²) in [7, 11) is 0. The topological polar surface area (TPSA) is 61.8 Å². The summed E-state index contributed by atoms with van der Waals surface area (Å²) in [4.78, 5) is 23.2. The monoisotopic (exact) mass is 266 g/mol. The van der Waals surface area contributed by atoms with Gasteiger partial charge >= 0.3 is 6.16 Å². The molecular formula is C14H18O5. The number of carbonyl (C=O) groups is 1. The van der Waals surface area contributed by atoms with E-state index in [-0.39, 0.29) is 5.75 Å². The molecule has 1 rings (SSSR count). The van der Waals surface area contributed by atoms with Crippen molar-refractivity contribution in [1.82, 2.24) is 0 Å². The Bertz CT molecular complexity index is 502. The minimum Gasteiger partial charge on any atom is -0.494 e.